The number of benzene rings is 2. The number of ether oxygens (including phenoxy) is 2. The van der Waals surface area contributed by atoms with Crippen LogP contribution in [0.1, 0.15) is 107 Å². The molecular formula is C40H59NO3Sn. The topological polar surface area (TPSA) is 38.8 Å². The van der Waals surface area contributed by atoms with Crippen molar-refractivity contribution in [2.45, 2.75) is 131 Å². The zero-order chi connectivity index (χ0) is 32.9. The van der Waals surface area contributed by atoms with Crippen molar-refractivity contribution in [3.05, 3.63) is 82.1 Å². The third kappa shape index (κ3) is 7.68. The molecule has 0 unspecified atom stereocenters. The summed E-state index contributed by atoms with van der Waals surface area (Å²) in [7, 11) is 0. The Kier molecular flexibility index (Phi) is 12.0. The van der Waals surface area contributed by atoms with Gasteiger partial charge in [-0.3, -0.25) is 0 Å². The van der Waals surface area contributed by atoms with E-state index in [9.17, 15) is 4.79 Å². The number of nitrogens with zero attached hydrogens (tertiary/aromatic N) is 1. The third-order valence-corrected chi connectivity index (χ3v) is 31.2. The quantitative estimate of drug-likeness (QED) is 0.217. The molecule has 0 spiro atoms. The van der Waals surface area contributed by atoms with Crippen molar-refractivity contribution in [1.82, 2.24) is 4.90 Å². The van der Waals surface area contributed by atoms with Crippen LogP contribution >= 0.6 is 0 Å². The van der Waals surface area contributed by atoms with Crippen LogP contribution in [-0.4, -0.2) is 41.5 Å². The molecule has 4 nitrogen and oxygen atoms in total. The van der Waals surface area contributed by atoms with Gasteiger partial charge in [-0.1, -0.05) is 18.2 Å². The third-order valence-electron chi connectivity index (χ3n) is 11.1. The standard InChI is InChI=1S/C31H38NO3.3C3H7.Sn/c1-5-11-25-12-9-10-21-32(25)30(33)35-29-22-23(2)15-20-28(29)31(3,4)24-16-18-27(19-17-24)34-26-13-7-6-8-14-26;3*1-3-2;/h6-9,12-14,16-19,21,23,25,28-29H,5,11,15,20,22H2,1-4H3;3*3H,1-2H3;/t23-,25-,28-,29-;;;;/m1..../s1. The Morgan fingerprint density at radius 1 is 0.911 bits per heavy atom. The predicted molar refractivity (Wildman–Crippen MR) is 192 cm³/mol. The fraction of sp³-hybridized carbons (Fsp3) is 0.575. The second-order valence-corrected chi connectivity index (χ2v) is 32.1. The van der Waals surface area contributed by atoms with Gasteiger partial charge in [0.25, 0.3) is 0 Å². The number of rotatable bonds is 11. The summed E-state index contributed by atoms with van der Waals surface area (Å²) < 4.78 is 16.1. The van der Waals surface area contributed by atoms with Crippen molar-refractivity contribution < 1.29 is 14.3 Å². The Balaban J connectivity index is 1.60. The van der Waals surface area contributed by atoms with Gasteiger partial charge in [0, 0.05) is 0 Å². The van der Waals surface area contributed by atoms with Gasteiger partial charge in [0.15, 0.2) is 0 Å². The molecule has 1 heterocycles. The van der Waals surface area contributed by atoms with Gasteiger partial charge in [-0.25, -0.2) is 0 Å². The van der Waals surface area contributed by atoms with Crippen LogP contribution in [0.25, 0.3) is 0 Å². The van der Waals surface area contributed by atoms with Gasteiger partial charge in [-0.05, 0) is 12.1 Å². The van der Waals surface area contributed by atoms with E-state index in [0.717, 1.165) is 43.6 Å². The molecule has 1 aliphatic heterocycles. The van der Waals surface area contributed by atoms with Gasteiger partial charge in [0.1, 0.15) is 5.75 Å². The fourth-order valence-corrected chi connectivity index (χ4v) is 28.1. The number of carbonyl (C=O) groups is 1. The first-order valence-corrected chi connectivity index (χ1v) is 23.9. The van der Waals surface area contributed by atoms with Gasteiger partial charge >= 0.3 is 239 Å². The Labute approximate surface area is 278 Å². The summed E-state index contributed by atoms with van der Waals surface area (Å²) in [5.74, 6) is 2.42. The molecule has 1 fully saturated rings. The van der Waals surface area contributed by atoms with Crippen molar-refractivity contribution in [3.8, 4) is 11.5 Å². The molecule has 1 saturated carbocycles. The molecule has 4 atom stereocenters. The molecule has 4 rings (SSSR count). The molecule has 45 heavy (non-hydrogen) atoms. The summed E-state index contributed by atoms with van der Waals surface area (Å²) in [5.41, 5.74) is 1.08. The minimum atomic E-state index is -2.90. The van der Waals surface area contributed by atoms with E-state index in [0.29, 0.717) is 17.7 Å². The molecule has 2 aliphatic rings. The predicted octanol–water partition coefficient (Wildman–Crippen LogP) is 11.8. The fourth-order valence-electron chi connectivity index (χ4n) is 8.84. The van der Waals surface area contributed by atoms with Crippen LogP contribution in [0.4, 0.5) is 4.79 Å². The van der Waals surface area contributed by atoms with E-state index in [1.807, 2.05) is 35.2 Å². The Morgan fingerprint density at radius 2 is 1.51 bits per heavy atom. The number of carbonyl (C=O) groups excluding carboxylic acids is 1. The number of para-hydroxylation sites is 1. The summed E-state index contributed by atoms with van der Waals surface area (Å²) in [5, 5.41) is 0. The molecule has 5 heteroatoms. The second kappa shape index (κ2) is 15.1. The number of allylic oxidation sites excluding steroid dienone is 2. The molecule has 0 radical (unpaired) electrons. The van der Waals surface area contributed by atoms with E-state index in [-0.39, 0.29) is 29.6 Å². The van der Waals surface area contributed by atoms with Crippen molar-refractivity contribution in [2.24, 2.45) is 11.8 Å². The van der Waals surface area contributed by atoms with Crippen molar-refractivity contribution in [2.75, 3.05) is 0 Å². The van der Waals surface area contributed by atoms with Crippen molar-refractivity contribution >= 4 is 24.5 Å². The maximum absolute atomic E-state index is 14.3. The van der Waals surface area contributed by atoms with Gasteiger partial charge in [-0.2, -0.15) is 0 Å². The first-order chi connectivity index (χ1) is 21.3. The Morgan fingerprint density at radius 3 is 2.09 bits per heavy atom. The van der Waals surface area contributed by atoms with Crippen LogP contribution in [0.3, 0.4) is 0 Å². The van der Waals surface area contributed by atoms with Gasteiger partial charge in [0.05, 0.1) is 0 Å². The van der Waals surface area contributed by atoms with Crippen LogP contribution in [0, 0.1) is 11.8 Å². The summed E-state index contributed by atoms with van der Waals surface area (Å²) in [4.78, 5) is 16.3. The van der Waals surface area contributed by atoms with E-state index in [1.54, 1.807) is 0 Å². The van der Waals surface area contributed by atoms with Crippen LogP contribution in [0.2, 0.25) is 11.8 Å². The molecule has 2 aromatic rings. The van der Waals surface area contributed by atoms with E-state index in [4.69, 9.17) is 9.47 Å². The van der Waals surface area contributed by atoms with Gasteiger partial charge < -0.3 is 4.74 Å². The molecule has 1 aliphatic carbocycles. The normalized spacial score (nSPS) is 22.6. The first-order valence-electron chi connectivity index (χ1n) is 17.5. The van der Waals surface area contributed by atoms with Crippen LogP contribution < -0.4 is 4.74 Å². The number of hydrogen-bond donors (Lipinski definition) is 0. The number of amides is 1. The average Bonchev–Trinajstić information content (AvgIpc) is 2.98. The molecule has 0 saturated heterocycles. The minimum absolute atomic E-state index is 0.0476. The van der Waals surface area contributed by atoms with Crippen LogP contribution in [-0.2, 0) is 10.2 Å². The molecule has 246 valence electrons. The van der Waals surface area contributed by atoms with Gasteiger partial charge in [-0.15, -0.1) is 0 Å². The molecule has 1 amide bonds. The zero-order valence-corrected chi connectivity index (χ0v) is 32.5. The molecule has 2 aromatic carbocycles. The molecule has 0 bridgehead atoms. The van der Waals surface area contributed by atoms with E-state index >= 15 is 0 Å². The Bertz CT molecular complexity index is 1290. The summed E-state index contributed by atoms with van der Waals surface area (Å²) in [6.45, 7) is 23.7. The van der Waals surface area contributed by atoms with E-state index in [1.165, 1.54) is 9.15 Å². The van der Waals surface area contributed by atoms with Crippen LogP contribution in [0.15, 0.2) is 76.5 Å². The van der Waals surface area contributed by atoms with E-state index < -0.39 is 18.4 Å². The summed E-state index contributed by atoms with van der Waals surface area (Å²) in [6, 6.07) is 18.5. The van der Waals surface area contributed by atoms with Crippen molar-refractivity contribution in [1.29, 1.82) is 0 Å². The second-order valence-electron chi connectivity index (χ2n) is 15.2. The SMILES string of the molecule is CCC[C@@H]1C=C[C]([Sn]([CH](C)C)([CH](C)C)[CH](C)C)=CN1C(=O)O[C@@H]1C[C@H](C)CC[C@H]1C(C)(C)c1ccc(Oc2ccccc2)cc1. The van der Waals surface area contributed by atoms with Crippen molar-refractivity contribution in [3.63, 3.8) is 0 Å². The summed E-state index contributed by atoms with van der Waals surface area (Å²) in [6.07, 6.45) is 11.7. The molecule has 0 aromatic heterocycles. The molecule has 0 N–H and O–H groups in total. The average molecular weight is 721 g/mol. The first kappa shape index (κ1) is 35.6. The monoisotopic (exact) mass is 721 g/mol. The molecular weight excluding hydrogens is 661 g/mol. The van der Waals surface area contributed by atoms with Crippen LogP contribution in [0.5, 0.6) is 11.5 Å². The summed E-state index contributed by atoms with van der Waals surface area (Å²) >= 11 is -2.90. The van der Waals surface area contributed by atoms with E-state index in [2.05, 4.69) is 112 Å². The maximum atomic E-state index is 14.3. The zero-order valence-electron chi connectivity index (χ0n) is 29.7. The van der Waals surface area contributed by atoms with Gasteiger partial charge in [0.2, 0.25) is 0 Å². The Hall–Kier alpha value is -2.21. The number of hydrogen-bond acceptors (Lipinski definition) is 3.